The summed E-state index contributed by atoms with van der Waals surface area (Å²) in [5.41, 5.74) is 2.45. The predicted molar refractivity (Wildman–Crippen MR) is 95.3 cm³/mol. The lowest BCUT2D eigenvalue weighted by Crippen LogP contribution is -2.38. The molecule has 1 fully saturated rings. The van der Waals surface area contributed by atoms with Crippen LogP contribution in [0.1, 0.15) is 15.9 Å². The molecule has 3 nitrogen and oxygen atoms in total. The second-order valence-corrected chi connectivity index (χ2v) is 6.29. The Labute approximate surface area is 144 Å². The maximum absolute atomic E-state index is 13.0. The van der Waals surface area contributed by atoms with Crippen molar-refractivity contribution in [2.24, 2.45) is 0 Å². The lowest BCUT2D eigenvalue weighted by atomic mass is 10.0. The van der Waals surface area contributed by atoms with E-state index in [0.29, 0.717) is 18.8 Å². The molecular formula is C19H18BrNO2. The first-order valence-electron chi connectivity index (χ1n) is 7.64. The van der Waals surface area contributed by atoms with Crippen molar-refractivity contribution in [3.63, 3.8) is 0 Å². The molecule has 0 N–H and O–H groups in total. The van der Waals surface area contributed by atoms with Crippen LogP contribution in [0.5, 0.6) is 0 Å². The third-order valence-electron chi connectivity index (χ3n) is 3.79. The minimum Gasteiger partial charge on any atom is -0.378 e. The quantitative estimate of drug-likeness (QED) is 0.600. The molecule has 0 spiro atoms. The van der Waals surface area contributed by atoms with E-state index in [-0.39, 0.29) is 5.78 Å². The fourth-order valence-corrected chi connectivity index (χ4v) is 2.83. The van der Waals surface area contributed by atoms with Crippen LogP contribution in [-0.4, -0.2) is 37.0 Å². The third-order valence-corrected chi connectivity index (χ3v) is 4.32. The molecule has 0 radical (unpaired) electrons. The predicted octanol–water partition coefficient (Wildman–Crippen LogP) is 4.01. The molecule has 3 rings (SSSR count). The molecule has 0 bridgehead atoms. The van der Waals surface area contributed by atoms with Crippen molar-refractivity contribution < 1.29 is 9.53 Å². The van der Waals surface area contributed by atoms with Crippen molar-refractivity contribution in [3.8, 4) is 0 Å². The molecule has 0 aliphatic carbocycles. The number of ether oxygens (including phenoxy) is 1. The van der Waals surface area contributed by atoms with Gasteiger partial charge in [0.25, 0.3) is 0 Å². The summed E-state index contributed by atoms with van der Waals surface area (Å²) in [6, 6.07) is 17.4. The number of nitrogens with zero attached hydrogens (tertiary/aromatic N) is 1. The van der Waals surface area contributed by atoms with Gasteiger partial charge in [-0.3, -0.25) is 4.79 Å². The van der Waals surface area contributed by atoms with Gasteiger partial charge in [-0.2, -0.15) is 0 Å². The number of benzene rings is 2. The lowest BCUT2D eigenvalue weighted by molar-refractivity contribution is 0.0512. The summed E-state index contributed by atoms with van der Waals surface area (Å²) >= 11 is 3.41. The number of hydrogen-bond acceptors (Lipinski definition) is 3. The largest absolute Gasteiger partial charge is 0.378 e. The fourth-order valence-electron chi connectivity index (χ4n) is 2.56. The Morgan fingerprint density at radius 3 is 2.30 bits per heavy atom. The van der Waals surface area contributed by atoms with Crippen molar-refractivity contribution >= 4 is 27.8 Å². The Kier molecular flexibility index (Phi) is 5.26. The van der Waals surface area contributed by atoms with E-state index in [1.165, 1.54) is 0 Å². The molecule has 2 aromatic carbocycles. The molecule has 0 aromatic heterocycles. The Balaban J connectivity index is 1.95. The topological polar surface area (TPSA) is 29.5 Å². The van der Waals surface area contributed by atoms with E-state index >= 15 is 0 Å². The smallest absolute Gasteiger partial charge is 0.209 e. The average molecular weight is 372 g/mol. The van der Waals surface area contributed by atoms with E-state index in [2.05, 4.69) is 20.8 Å². The highest BCUT2D eigenvalue weighted by Crippen LogP contribution is 2.20. The standard InChI is InChI=1S/C19H18BrNO2/c20-17-8-6-16(7-9-17)19(22)18(21-10-12-23-13-11-21)14-15-4-2-1-3-5-15/h1-9,14H,10-13H2/b18-14+. The van der Waals surface area contributed by atoms with E-state index in [0.717, 1.165) is 28.8 Å². The van der Waals surface area contributed by atoms with Crippen molar-refractivity contribution in [3.05, 3.63) is 75.9 Å². The zero-order valence-electron chi connectivity index (χ0n) is 12.7. The molecule has 0 saturated carbocycles. The fraction of sp³-hybridized carbons (Fsp3) is 0.211. The van der Waals surface area contributed by atoms with Crippen molar-refractivity contribution in [2.75, 3.05) is 26.3 Å². The van der Waals surface area contributed by atoms with Crippen LogP contribution in [0.4, 0.5) is 0 Å². The van der Waals surface area contributed by atoms with Crippen LogP contribution >= 0.6 is 15.9 Å². The van der Waals surface area contributed by atoms with E-state index in [1.807, 2.05) is 60.7 Å². The molecule has 2 aromatic rings. The summed E-state index contributed by atoms with van der Waals surface area (Å²) in [5.74, 6) is 0.0447. The minimum atomic E-state index is 0.0447. The number of carbonyl (C=O) groups excluding carboxylic acids is 1. The van der Waals surface area contributed by atoms with E-state index in [9.17, 15) is 4.79 Å². The summed E-state index contributed by atoms with van der Waals surface area (Å²) < 4.78 is 6.38. The van der Waals surface area contributed by atoms with Crippen LogP contribution in [0, 0.1) is 0 Å². The van der Waals surface area contributed by atoms with Crippen LogP contribution in [0.2, 0.25) is 0 Å². The molecule has 1 aliphatic rings. The first kappa shape index (κ1) is 16.0. The molecule has 118 valence electrons. The van der Waals surface area contributed by atoms with Gasteiger partial charge in [-0.1, -0.05) is 46.3 Å². The maximum atomic E-state index is 13.0. The second-order valence-electron chi connectivity index (χ2n) is 5.38. The molecular weight excluding hydrogens is 354 g/mol. The average Bonchev–Trinajstić information content (AvgIpc) is 2.61. The Morgan fingerprint density at radius 1 is 1.00 bits per heavy atom. The van der Waals surface area contributed by atoms with Gasteiger partial charge < -0.3 is 9.64 Å². The first-order valence-corrected chi connectivity index (χ1v) is 8.43. The molecule has 1 heterocycles. The van der Waals surface area contributed by atoms with Crippen molar-refractivity contribution in [2.45, 2.75) is 0 Å². The van der Waals surface area contributed by atoms with E-state index < -0.39 is 0 Å². The van der Waals surface area contributed by atoms with Gasteiger partial charge in [-0.15, -0.1) is 0 Å². The van der Waals surface area contributed by atoms with Crippen molar-refractivity contribution in [1.29, 1.82) is 0 Å². The monoisotopic (exact) mass is 371 g/mol. The molecule has 4 heteroatoms. The Morgan fingerprint density at radius 2 is 1.65 bits per heavy atom. The van der Waals surface area contributed by atoms with Gasteiger partial charge in [0.05, 0.1) is 18.9 Å². The third kappa shape index (κ3) is 4.09. The molecule has 1 saturated heterocycles. The van der Waals surface area contributed by atoms with Gasteiger partial charge in [-0.25, -0.2) is 0 Å². The number of hydrogen-bond donors (Lipinski definition) is 0. The minimum absolute atomic E-state index is 0.0447. The van der Waals surface area contributed by atoms with E-state index in [4.69, 9.17) is 4.74 Å². The van der Waals surface area contributed by atoms with Crippen LogP contribution < -0.4 is 0 Å². The Bertz CT molecular complexity index is 689. The van der Waals surface area contributed by atoms with Crippen LogP contribution in [0.15, 0.2) is 64.8 Å². The van der Waals surface area contributed by atoms with Gasteiger partial charge >= 0.3 is 0 Å². The number of Topliss-reactive ketones (excluding diaryl/α,β-unsaturated/α-hetero) is 1. The summed E-state index contributed by atoms with van der Waals surface area (Å²) in [6.45, 7) is 2.78. The summed E-state index contributed by atoms with van der Waals surface area (Å²) in [4.78, 5) is 15.1. The lowest BCUT2D eigenvalue weighted by Gasteiger charge is -2.30. The van der Waals surface area contributed by atoms with Crippen molar-refractivity contribution in [1.82, 2.24) is 4.90 Å². The summed E-state index contributed by atoms with van der Waals surface area (Å²) in [6.07, 6.45) is 1.97. The van der Waals surface area contributed by atoms with Crippen LogP contribution in [0.3, 0.4) is 0 Å². The SMILES string of the molecule is O=C(/C(=C\c1ccccc1)N1CCOCC1)c1ccc(Br)cc1. The van der Waals surface area contributed by atoms with Crippen LogP contribution in [0.25, 0.3) is 6.08 Å². The first-order chi connectivity index (χ1) is 11.2. The molecule has 23 heavy (non-hydrogen) atoms. The highest BCUT2D eigenvalue weighted by molar-refractivity contribution is 9.10. The van der Waals surface area contributed by atoms with Gasteiger partial charge in [0.15, 0.2) is 0 Å². The zero-order valence-corrected chi connectivity index (χ0v) is 14.3. The summed E-state index contributed by atoms with van der Waals surface area (Å²) in [7, 11) is 0. The highest BCUT2D eigenvalue weighted by Gasteiger charge is 2.21. The van der Waals surface area contributed by atoms with Gasteiger partial charge in [0, 0.05) is 23.1 Å². The normalized spacial score (nSPS) is 15.5. The summed E-state index contributed by atoms with van der Waals surface area (Å²) in [5, 5.41) is 0. The van der Waals surface area contributed by atoms with Gasteiger partial charge in [0.1, 0.15) is 0 Å². The number of rotatable bonds is 4. The highest BCUT2D eigenvalue weighted by atomic mass is 79.9. The molecule has 1 aliphatic heterocycles. The molecule has 0 unspecified atom stereocenters. The van der Waals surface area contributed by atoms with Gasteiger partial charge in [0.2, 0.25) is 5.78 Å². The number of carbonyl (C=O) groups is 1. The number of morpholine rings is 1. The van der Waals surface area contributed by atoms with Crippen LogP contribution in [-0.2, 0) is 4.74 Å². The number of ketones is 1. The van der Waals surface area contributed by atoms with Gasteiger partial charge in [-0.05, 0) is 35.9 Å². The number of allylic oxidation sites excluding steroid dienone is 1. The maximum Gasteiger partial charge on any atom is 0.209 e. The molecule has 0 amide bonds. The zero-order chi connectivity index (χ0) is 16.1. The molecule has 0 atom stereocenters. The number of halogens is 1. The van der Waals surface area contributed by atoms with E-state index in [1.54, 1.807) is 0 Å². The second kappa shape index (κ2) is 7.57. The Hall–Kier alpha value is -1.91.